The van der Waals surface area contributed by atoms with E-state index in [1.54, 1.807) is 27.7 Å². The van der Waals surface area contributed by atoms with E-state index in [4.69, 9.17) is 22.6 Å². The molecule has 1 rings (SSSR count). The number of benzene rings is 1. The third kappa shape index (κ3) is 8.55. The molecule has 0 aromatic heterocycles. The molecule has 0 bridgehead atoms. The minimum atomic E-state index is -3.90. The fraction of sp³-hybridized carbons (Fsp3) is 0.647. The van der Waals surface area contributed by atoms with Gasteiger partial charge in [0.1, 0.15) is 0 Å². The highest BCUT2D eigenvalue weighted by atomic mass is 31.2. The summed E-state index contributed by atoms with van der Waals surface area (Å²) < 4.78 is 52.6. The predicted octanol–water partition coefficient (Wildman–Crippen LogP) is 4.57. The monoisotopic (exact) mass is 423 g/mol. The van der Waals surface area contributed by atoms with Crippen molar-refractivity contribution in [3.8, 4) is 0 Å². The molecule has 0 fully saturated rings. The Morgan fingerprint density at radius 2 is 1.37 bits per heavy atom. The van der Waals surface area contributed by atoms with Crippen LogP contribution in [-0.2, 0) is 38.3 Å². The van der Waals surface area contributed by atoms with Gasteiger partial charge >= 0.3 is 15.4 Å². The fourth-order valence-corrected chi connectivity index (χ4v) is 5.76. The molecule has 0 spiro atoms. The quantitative estimate of drug-likeness (QED) is 0.410. The number of hydrogen-bond donors (Lipinski definition) is 1. The van der Waals surface area contributed by atoms with Crippen LogP contribution in [0, 0.1) is 0 Å². The van der Waals surface area contributed by atoms with Crippen molar-refractivity contribution >= 4 is 15.4 Å². The van der Waals surface area contributed by atoms with E-state index in [-0.39, 0.29) is 33.0 Å². The van der Waals surface area contributed by atoms with Gasteiger partial charge in [0.05, 0.1) is 26.4 Å². The van der Waals surface area contributed by atoms with E-state index in [1.807, 2.05) is 30.3 Å². The fourth-order valence-electron chi connectivity index (χ4n) is 2.27. The molecule has 1 unspecified atom stereocenters. The van der Waals surface area contributed by atoms with E-state index >= 15 is 0 Å². The van der Waals surface area contributed by atoms with Crippen LogP contribution in [0.1, 0.15) is 33.3 Å². The molecule has 0 aliphatic heterocycles. The molecule has 0 aliphatic carbocycles. The Hall–Kier alpha value is -0.560. The first-order valence-electron chi connectivity index (χ1n) is 9.13. The number of phosphoric ester groups is 1. The summed E-state index contributed by atoms with van der Waals surface area (Å²) in [4.78, 5) is 0. The van der Waals surface area contributed by atoms with Crippen molar-refractivity contribution in [3.63, 3.8) is 0 Å². The Labute approximate surface area is 162 Å². The minimum Gasteiger partial charge on any atom is -0.309 e. The summed E-state index contributed by atoms with van der Waals surface area (Å²) in [5.74, 6) is -1.15. The van der Waals surface area contributed by atoms with Crippen molar-refractivity contribution in [3.05, 3.63) is 35.9 Å². The van der Waals surface area contributed by atoms with Crippen LogP contribution < -0.4 is 5.32 Å². The molecule has 1 N–H and O–H groups in total. The maximum absolute atomic E-state index is 13.2. The summed E-state index contributed by atoms with van der Waals surface area (Å²) in [7, 11) is -7.62. The van der Waals surface area contributed by atoms with Crippen LogP contribution in [0.3, 0.4) is 0 Å². The highest BCUT2D eigenvalue weighted by molar-refractivity contribution is 7.56. The lowest BCUT2D eigenvalue weighted by atomic mass is 10.2. The molecule has 27 heavy (non-hydrogen) atoms. The summed E-state index contributed by atoms with van der Waals surface area (Å²) in [6.45, 7) is 7.87. The van der Waals surface area contributed by atoms with Gasteiger partial charge in [-0.15, -0.1) is 0 Å². The predicted molar refractivity (Wildman–Crippen MR) is 105 cm³/mol. The van der Waals surface area contributed by atoms with E-state index in [0.29, 0.717) is 6.54 Å². The van der Waals surface area contributed by atoms with Crippen LogP contribution in [0.25, 0.3) is 0 Å². The summed E-state index contributed by atoms with van der Waals surface area (Å²) in [6.07, 6.45) is 0. The molecule has 0 radical (unpaired) electrons. The zero-order valence-corrected chi connectivity index (χ0v) is 18.2. The number of phosphoric acid groups is 1. The molecule has 0 saturated heterocycles. The van der Waals surface area contributed by atoms with E-state index in [0.717, 1.165) is 5.56 Å². The molecule has 10 heteroatoms. The smallest absolute Gasteiger partial charge is 0.309 e. The van der Waals surface area contributed by atoms with Gasteiger partial charge in [-0.1, -0.05) is 30.3 Å². The Balaban J connectivity index is 2.95. The molecule has 0 heterocycles. The first-order valence-corrected chi connectivity index (χ1v) is 12.2. The number of hydrogen-bond acceptors (Lipinski definition) is 8. The van der Waals surface area contributed by atoms with Gasteiger partial charge in [0.15, 0.2) is 5.85 Å². The maximum atomic E-state index is 13.2. The lowest BCUT2D eigenvalue weighted by Crippen LogP contribution is -2.30. The molecule has 8 nitrogen and oxygen atoms in total. The van der Waals surface area contributed by atoms with Crippen molar-refractivity contribution in [1.82, 2.24) is 5.32 Å². The average Bonchev–Trinajstić information content (AvgIpc) is 2.62. The molecular formula is C17H31NO7P2. The second-order valence-electron chi connectivity index (χ2n) is 5.33. The molecule has 0 aliphatic rings. The van der Waals surface area contributed by atoms with Gasteiger partial charge in [-0.2, -0.15) is 0 Å². The zero-order valence-electron chi connectivity index (χ0n) is 16.5. The number of rotatable bonds is 15. The Kier molecular flexibility index (Phi) is 11.6. The zero-order chi connectivity index (χ0) is 20.2. The van der Waals surface area contributed by atoms with Crippen LogP contribution in [0.5, 0.6) is 0 Å². The van der Waals surface area contributed by atoms with Crippen LogP contribution in [0.2, 0.25) is 0 Å². The third-order valence-corrected chi connectivity index (χ3v) is 7.34. The van der Waals surface area contributed by atoms with Crippen LogP contribution in [0.4, 0.5) is 0 Å². The highest BCUT2D eigenvalue weighted by Crippen LogP contribution is 2.60. The molecule has 1 aromatic carbocycles. The SMILES string of the molecule is CCOP(=O)(OCC)OC(CNCc1ccccc1)P(=O)(OCC)OCC. The lowest BCUT2D eigenvalue weighted by Gasteiger charge is -2.29. The second kappa shape index (κ2) is 12.8. The summed E-state index contributed by atoms with van der Waals surface area (Å²) >= 11 is 0. The van der Waals surface area contributed by atoms with Crippen molar-refractivity contribution < 1.29 is 31.7 Å². The van der Waals surface area contributed by atoms with Crippen molar-refractivity contribution in [2.45, 2.75) is 40.1 Å². The van der Waals surface area contributed by atoms with Crippen LogP contribution >= 0.6 is 15.4 Å². The van der Waals surface area contributed by atoms with Crippen molar-refractivity contribution in [2.75, 3.05) is 33.0 Å². The summed E-state index contributed by atoms with van der Waals surface area (Å²) in [6, 6.07) is 9.69. The number of nitrogens with one attached hydrogen (secondary N) is 1. The molecular weight excluding hydrogens is 392 g/mol. The molecule has 156 valence electrons. The third-order valence-electron chi connectivity index (χ3n) is 3.29. The van der Waals surface area contributed by atoms with Crippen LogP contribution in [0.15, 0.2) is 30.3 Å². The van der Waals surface area contributed by atoms with Gasteiger partial charge in [-0.05, 0) is 33.3 Å². The average molecular weight is 423 g/mol. The van der Waals surface area contributed by atoms with Gasteiger partial charge < -0.3 is 14.4 Å². The molecule has 1 aromatic rings. The lowest BCUT2D eigenvalue weighted by molar-refractivity contribution is 0.0888. The van der Waals surface area contributed by atoms with Gasteiger partial charge in [0, 0.05) is 13.1 Å². The van der Waals surface area contributed by atoms with Crippen molar-refractivity contribution in [2.24, 2.45) is 0 Å². The standard InChI is InChI=1S/C17H31NO7P2/c1-5-21-26(19,22-6-2)17(25-27(20,23-7-3)24-8-4)15-18-14-16-12-10-9-11-13-16/h9-13,17-18H,5-8,14-15H2,1-4H3. The Bertz CT molecular complexity index is 595. The normalized spacial score (nSPS) is 13.6. The van der Waals surface area contributed by atoms with Gasteiger partial charge in [-0.3, -0.25) is 18.1 Å². The first-order chi connectivity index (χ1) is 12.9. The van der Waals surface area contributed by atoms with Gasteiger partial charge in [0.2, 0.25) is 0 Å². The summed E-state index contributed by atoms with van der Waals surface area (Å²) in [5, 5.41) is 3.14. The van der Waals surface area contributed by atoms with Crippen LogP contribution in [-0.4, -0.2) is 38.8 Å². The van der Waals surface area contributed by atoms with Gasteiger partial charge in [0.25, 0.3) is 0 Å². The minimum absolute atomic E-state index is 0.0797. The van der Waals surface area contributed by atoms with E-state index in [9.17, 15) is 9.13 Å². The highest BCUT2D eigenvalue weighted by Gasteiger charge is 2.43. The Morgan fingerprint density at radius 3 is 1.85 bits per heavy atom. The first kappa shape index (κ1) is 24.5. The maximum Gasteiger partial charge on any atom is 0.475 e. The van der Waals surface area contributed by atoms with Gasteiger partial charge in [-0.25, -0.2) is 4.57 Å². The largest absolute Gasteiger partial charge is 0.475 e. The second-order valence-corrected chi connectivity index (χ2v) is 9.13. The molecule has 0 amide bonds. The van der Waals surface area contributed by atoms with E-state index < -0.39 is 21.3 Å². The topological polar surface area (TPSA) is 92.3 Å². The van der Waals surface area contributed by atoms with E-state index in [1.165, 1.54) is 0 Å². The molecule has 1 atom stereocenters. The van der Waals surface area contributed by atoms with E-state index in [2.05, 4.69) is 5.32 Å². The summed E-state index contributed by atoms with van der Waals surface area (Å²) in [5.41, 5.74) is 1.04. The van der Waals surface area contributed by atoms with Crippen molar-refractivity contribution in [1.29, 1.82) is 0 Å². The molecule has 0 saturated carbocycles. The Morgan fingerprint density at radius 1 is 0.852 bits per heavy atom.